The lowest BCUT2D eigenvalue weighted by atomic mass is 9.99. The smallest absolute Gasteiger partial charge is 0.231 e. The minimum atomic E-state index is -0.256. The van der Waals surface area contributed by atoms with E-state index in [1.54, 1.807) is 6.20 Å². The molecular formula is C17H19N3O3. The van der Waals surface area contributed by atoms with Crippen LogP contribution in [-0.4, -0.2) is 34.7 Å². The molecule has 1 N–H and O–H groups in total. The molecule has 6 nitrogen and oxygen atoms in total. The number of benzene rings is 1. The van der Waals surface area contributed by atoms with Gasteiger partial charge < -0.3 is 19.4 Å². The second-order valence-electron chi connectivity index (χ2n) is 5.99. The van der Waals surface area contributed by atoms with Gasteiger partial charge in [0.25, 0.3) is 0 Å². The highest BCUT2D eigenvalue weighted by molar-refractivity contribution is 5.85. The Hall–Kier alpha value is -2.34. The fraction of sp³-hybridized carbons (Fsp3) is 0.412. The minimum Gasteiger partial charge on any atom is -0.492 e. The van der Waals surface area contributed by atoms with E-state index in [9.17, 15) is 4.79 Å². The van der Waals surface area contributed by atoms with E-state index in [0.29, 0.717) is 13.2 Å². The number of amides is 1. The molecule has 120 valence electrons. The van der Waals surface area contributed by atoms with Crippen LogP contribution in [0.3, 0.4) is 0 Å². The van der Waals surface area contributed by atoms with Crippen molar-refractivity contribution in [3.05, 3.63) is 48.0 Å². The highest BCUT2D eigenvalue weighted by atomic mass is 16.5. The third kappa shape index (κ3) is 2.49. The van der Waals surface area contributed by atoms with Crippen molar-refractivity contribution in [2.45, 2.75) is 24.5 Å². The molecule has 6 heteroatoms. The average Bonchev–Trinajstić information content (AvgIpc) is 3.26. The maximum atomic E-state index is 12.7. The van der Waals surface area contributed by atoms with Gasteiger partial charge in [0, 0.05) is 31.6 Å². The lowest BCUT2D eigenvalue weighted by Gasteiger charge is -2.21. The zero-order chi connectivity index (χ0) is 15.8. The fourth-order valence-electron chi connectivity index (χ4n) is 3.31. The van der Waals surface area contributed by atoms with E-state index in [2.05, 4.69) is 10.3 Å². The second kappa shape index (κ2) is 5.70. The Morgan fingerprint density at radius 1 is 1.39 bits per heavy atom. The van der Waals surface area contributed by atoms with Gasteiger partial charge in [0.2, 0.25) is 5.91 Å². The number of imidazole rings is 1. The molecule has 23 heavy (non-hydrogen) atoms. The van der Waals surface area contributed by atoms with E-state index in [4.69, 9.17) is 9.47 Å². The van der Waals surface area contributed by atoms with Crippen LogP contribution in [0.2, 0.25) is 0 Å². The summed E-state index contributed by atoms with van der Waals surface area (Å²) in [4.78, 5) is 17.0. The van der Waals surface area contributed by atoms with Crippen LogP contribution in [0.5, 0.6) is 5.75 Å². The molecule has 3 atom stereocenters. The molecule has 2 aliphatic rings. The number of hydrogen-bond acceptors (Lipinski definition) is 4. The van der Waals surface area contributed by atoms with Crippen LogP contribution in [0.4, 0.5) is 0 Å². The predicted molar refractivity (Wildman–Crippen MR) is 83.1 cm³/mol. The standard InChI is InChI=1S/C17H19N3O3/c1-20-8-7-18-16(20)15-13(6-9-22-15)19-17(21)12-10-23-14-5-3-2-4-11(12)14/h2-5,7-8,12-13,15H,6,9-10H2,1H3,(H,19,21)/t12?,13-,15-/m0/s1. The SMILES string of the molecule is Cn1ccnc1[C@H]1OCC[C@@H]1NC(=O)C1COc2ccccc21. The van der Waals surface area contributed by atoms with Crippen molar-refractivity contribution in [3.63, 3.8) is 0 Å². The number of fused-ring (bicyclic) bond motifs is 1. The normalized spacial score (nSPS) is 25.9. The maximum absolute atomic E-state index is 12.7. The van der Waals surface area contributed by atoms with E-state index >= 15 is 0 Å². The Morgan fingerprint density at radius 3 is 3.09 bits per heavy atom. The van der Waals surface area contributed by atoms with Gasteiger partial charge in [0.05, 0.1) is 6.04 Å². The number of carbonyl (C=O) groups excluding carboxylic acids is 1. The van der Waals surface area contributed by atoms with Crippen molar-refractivity contribution in [1.82, 2.24) is 14.9 Å². The van der Waals surface area contributed by atoms with E-state index in [1.807, 2.05) is 42.1 Å². The first kappa shape index (κ1) is 14.3. The Kier molecular flexibility index (Phi) is 3.53. The zero-order valence-electron chi connectivity index (χ0n) is 12.9. The quantitative estimate of drug-likeness (QED) is 0.933. The molecule has 1 fully saturated rings. The third-order valence-electron chi connectivity index (χ3n) is 4.55. The van der Waals surface area contributed by atoms with E-state index < -0.39 is 0 Å². The van der Waals surface area contributed by atoms with E-state index in [0.717, 1.165) is 23.6 Å². The van der Waals surface area contributed by atoms with Gasteiger partial charge in [-0.25, -0.2) is 4.98 Å². The number of rotatable bonds is 3. The summed E-state index contributed by atoms with van der Waals surface area (Å²) < 4.78 is 13.3. The van der Waals surface area contributed by atoms with Crippen LogP contribution in [0.25, 0.3) is 0 Å². The Labute approximate surface area is 134 Å². The van der Waals surface area contributed by atoms with Gasteiger partial charge in [-0.3, -0.25) is 4.79 Å². The number of nitrogens with one attached hydrogen (secondary N) is 1. The van der Waals surface area contributed by atoms with Crippen LogP contribution in [0.15, 0.2) is 36.7 Å². The number of para-hydroxylation sites is 1. The van der Waals surface area contributed by atoms with Crippen molar-refractivity contribution in [2.75, 3.05) is 13.2 Å². The minimum absolute atomic E-state index is 0.00957. The summed E-state index contributed by atoms with van der Waals surface area (Å²) in [5, 5.41) is 3.13. The third-order valence-corrected chi connectivity index (χ3v) is 4.55. The largest absolute Gasteiger partial charge is 0.492 e. The number of carbonyl (C=O) groups is 1. The molecule has 0 radical (unpaired) electrons. The zero-order valence-corrected chi connectivity index (χ0v) is 12.9. The molecule has 0 saturated carbocycles. The molecule has 2 aromatic rings. The molecule has 1 saturated heterocycles. The number of nitrogens with zero attached hydrogens (tertiary/aromatic N) is 2. The summed E-state index contributed by atoms with van der Waals surface area (Å²) in [6.07, 6.45) is 4.23. The monoisotopic (exact) mass is 313 g/mol. The summed E-state index contributed by atoms with van der Waals surface area (Å²) >= 11 is 0. The predicted octanol–water partition coefficient (Wildman–Crippen LogP) is 1.54. The summed E-state index contributed by atoms with van der Waals surface area (Å²) in [5.41, 5.74) is 0.956. The van der Waals surface area contributed by atoms with Crippen molar-refractivity contribution in [3.8, 4) is 5.75 Å². The summed E-state index contributed by atoms with van der Waals surface area (Å²) in [5.74, 6) is 1.38. The van der Waals surface area contributed by atoms with Crippen LogP contribution < -0.4 is 10.1 Å². The summed E-state index contributed by atoms with van der Waals surface area (Å²) in [6, 6.07) is 7.65. The van der Waals surface area contributed by atoms with Crippen molar-refractivity contribution >= 4 is 5.91 Å². The highest BCUT2D eigenvalue weighted by Crippen LogP contribution is 2.34. The van der Waals surface area contributed by atoms with Crippen LogP contribution in [0.1, 0.15) is 29.8 Å². The average molecular weight is 313 g/mol. The van der Waals surface area contributed by atoms with E-state index in [-0.39, 0.29) is 24.0 Å². The molecule has 1 aromatic carbocycles. The van der Waals surface area contributed by atoms with Crippen LogP contribution in [-0.2, 0) is 16.6 Å². The van der Waals surface area contributed by atoms with Gasteiger partial charge >= 0.3 is 0 Å². The maximum Gasteiger partial charge on any atom is 0.231 e. The molecule has 1 aromatic heterocycles. The van der Waals surface area contributed by atoms with Gasteiger partial charge in [-0.15, -0.1) is 0 Å². The molecule has 2 aliphatic heterocycles. The van der Waals surface area contributed by atoms with Gasteiger partial charge in [-0.1, -0.05) is 18.2 Å². The van der Waals surface area contributed by atoms with Crippen molar-refractivity contribution in [1.29, 1.82) is 0 Å². The first-order valence-corrected chi connectivity index (χ1v) is 7.85. The molecular weight excluding hydrogens is 294 g/mol. The molecule has 3 heterocycles. The molecule has 0 spiro atoms. The number of hydrogen-bond donors (Lipinski definition) is 1. The second-order valence-corrected chi connectivity index (χ2v) is 5.99. The van der Waals surface area contributed by atoms with Gasteiger partial charge in [-0.2, -0.15) is 0 Å². The molecule has 0 bridgehead atoms. The molecule has 4 rings (SSSR count). The first-order chi connectivity index (χ1) is 11.2. The topological polar surface area (TPSA) is 65.4 Å². The lowest BCUT2D eigenvalue weighted by molar-refractivity contribution is -0.123. The van der Waals surface area contributed by atoms with Crippen molar-refractivity contribution < 1.29 is 14.3 Å². The summed E-state index contributed by atoms with van der Waals surface area (Å²) in [6.45, 7) is 1.02. The summed E-state index contributed by atoms with van der Waals surface area (Å²) in [7, 11) is 1.93. The molecule has 1 amide bonds. The Morgan fingerprint density at radius 2 is 2.26 bits per heavy atom. The first-order valence-electron chi connectivity index (χ1n) is 7.85. The van der Waals surface area contributed by atoms with Gasteiger partial charge in [0.1, 0.15) is 30.2 Å². The van der Waals surface area contributed by atoms with Gasteiger partial charge in [0.15, 0.2) is 0 Å². The van der Waals surface area contributed by atoms with Crippen LogP contribution >= 0.6 is 0 Å². The number of aryl methyl sites for hydroxylation is 1. The van der Waals surface area contributed by atoms with Crippen molar-refractivity contribution in [2.24, 2.45) is 7.05 Å². The number of aromatic nitrogens is 2. The van der Waals surface area contributed by atoms with Crippen LogP contribution in [0, 0.1) is 0 Å². The Balaban J connectivity index is 1.50. The lowest BCUT2D eigenvalue weighted by Crippen LogP contribution is -2.40. The number of ether oxygens (including phenoxy) is 2. The molecule has 0 aliphatic carbocycles. The highest BCUT2D eigenvalue weighted by Gasteiger charge is 2.37. The van der Waals surface area contributed by atoms with Gasteiger partial charge in [-0.05, 0) is 12.5 Å². The molecule has 1 unspecified atom stereocenters. The fourth-order valence-corrected chi connectivity index (χ4v) is 3.31. The Bertz CT molecular complexity index is 727. The van der Waals surface area contributed by atoms with E-state index in [1.165, 1.54) is 0 Å².